The van der Waals surface area contributed by atoms with Crippen LogP contribution in [0.15, 0.2) is 195 Å². The molecule has 0 radical (unpaired) electrons. The highest BCUT2D eigenvalue weighted by molar-refractivity contribution is 6.24. The zero-order chi connectivity index (χ0) is 36.0. The average molecular weight is 703 g/mol. The van der Waals surface area contributed by atoms with Gasteiger partial charge in [-0.05, 0) is 91.8 Å². The Kier molecular flexibility index (Phi) is 6.34. The summed E-state index contributed by atoms with van der Waals surface area (Å²) >= 11 is 0. The highest BCUT2D eigenvalue weighted by Gasteiger charge is 2.23. The van der Waals surface area contributed by atoms with E-state index in [1.54, 1.807) is 0 Å². The van der Waals surface area contributed by atoms with Crippen LogP contribution < -0.4 is 0 Å². The molecule has 12 aromatic rings. The third kappa shape index (κ3) is 4.44. The molecule has 55 heavy (non-hydrogen) atoms. The molecule has 3 nitrogen and oxygen atoms in total. The largest absolute Gasteiger partial charge is 0.456 e. The molecule has 3 aromatic heterocycles. The van der Waals surface area contributed by atoms with Crippen LogP contribution in [0.3, 0.4) is 0 Å². The fourth-order valence-corrected chi connectivity index (χ4v) is 8.89. The van der Waals surface area contributed by atoms with Gasteiger partial charge in [0.2, 0.25) is 0 Å². The molecule has 0 aliphatic carbocycles. The molecule has 0 saturated heterocycles. The Morgan fingerprint density at radius 1 is 0.255 bits per heavy atom. The minimum Gasteiger partial charge on any atom is -0.456 e. The zero-order valence-corrected chi connectivity index (χ0v) is 29.5. The second kappa shape index (κ2) is 11.6. The molecule has 0 unspecified atom stereocenters. The molecular weight excluding hydrogens is 673 g/mol. The van der Waals surface area contributed by atoms with Gasteiger partial charge in [0.25, 0.3) is 0 Å². The van der Waals surface area contributed by atoms with E-state index in [1.807, 2.05) is 18.2 Å². The van der Waals surface area contributed by atoms with Crippen LogP contribution in [0.1, 0.15) is 0 Å². The van der Waals surface area contributed by atoms with E-state index in [-0.39, 0.29) is 0 Å². The maximum absolute atomic E-state index is 6.88. The SMILES string of the molecule is c1ccc(-c2oc3c(ccc4oc5cc(-c6c7ccccc7c(-c7ccc8c(c7)oc7ccccc78)c7ccccc67)ccc5c43)c2-c2ccccc2)cc1. The van der Waals surface area contributed by atoms with Crippen molar-refractivity contribution in [2.24, 2.45) is 0 Å². The molecule has 12 rings (SSSR count). The van der Waals surface area contributed by atoms with Crippen molar-refractivity contribution in [1.82, 2.24) is 0 Å². The standard InChI is InChI=1S/C52H30O3/c1-3-13-31(14-4-1)49-42-27-28-44-50(52(42)55-51(49)32-15-5-2-6-16-32)41-26-24-34(30-46(41)54-44)48-39-20-9-7-18-37(39)47(38-19-8-10-21-40(38)48)33-23-25-36-35-17-11-12-22-43(35)53-45(36)29-33/h1-30H. The van der Waals surface area contributed by atoms with Crippen LogP contribution in [-0.2, 0) is 0 Å². The molecule has 0 aliphatic heterocycles. The summed E-state index contributed by atoms with van der Waals surface area (Å²) in [6.45, 7) is 0. The minimum absolute atomic E-state index is 0.804. The Morgan fingerprint density at radius 3 is 1.36 bits per heavy atom. The number of fused-ring (bicyclic) bond motifs is 10. The van der Waals surface area contributed by atoms with Gasteiger partial charge in [-0.3, -0.25) is 0 Å². The third-order valence-electron chi connectivity index (χ3n) is 11.3. The lowest BCUT2D eigenvalue weighted by Crippen LogP contribution is -1.90. The molecule has 256 valence electrons. The molecule has 0 amide bonds. The highest BCUT2D eigenvalue weighted by atomic mass is 16.3. The molecule has 3 heteroatoms. The summed E-state index contributed by atoms with van der Waals surface area (Å²) in [6, 6.07) is 64.1. The molecular formula is C52H30O3. The topological polar surface area (TPSA) is 39.4 Å². The first-order chi connectivity index (χ1) is 27.3. The Labute approximate surface area is 315 Å². The monoisotopic (exact) mass is 702 g/mol. The second-order valence-corrected chi connectivity index (χ2v) is 14.3. The quantitative estimate of drug-likeness (QED) is 0.171. The van der Waals surface area contributed by atoms with E-state index in [2.05, 4.69) is 164 Å². The van der Waals surface area contributed by atoms with Gasteiger partial charge in [-0.25, -0.2) is 0 Å². The van der Waals surface area contributed by atoms with Gasteiger partial charge in [0, 0.05) is 32.7 Å². The maximum atomic E-state index is 6.88. The van der Waals surface area contributed by atoms with Crippen molar-refractivity contribution in [3.05, 3.63) is 182 Å². The van der Waals surface area contributed by atoms with E-state index in [0.717, 1.165) is 88.4 Å². The van der Waals surface area contributed by atoms with E-state index < -0.39 is 0 Å². The van der Waals surface area contributed by atoms with Crippen LogP contribution in [0.5, 0.6) is 0 Å². The Hall–Kier alpha value is -7.36. The maximum Gasteiger partial charge on any atom is 0.147 e. The fraction of sp³-hybridized carbons (Fsp3) is 0. The Balaban J connectivity index is 1.08. The summed E-state index contributed by atoms with van der Waals surface area (Å²) in [7, 11) is 0. The Morgan fingerprint density at radius 2 is 0.727 bits per heavy atom. The number of hydrogen-bond acceptors (Lipinski definition) is 3. The normalized spacial score (nSPS) is 12.0. The summed E-state index contributed by atoms with van der Waals surface area (Å²) in [5.41, 5.74) is 12.1. The summed E-state index contributed by atoms with van der Waals surface area (Å²) in [6.07, 6.45) is 0. The molecule has 0 N–H and O–H groups in total. The van der Waals surface area contributed by atoms with Crippen LogP contribution in [-0.4, -0.2) is 0 Å². The molecule has 0 spiro atoms. The van der Waals surface area contributed by atoms with Gasteiger partial charge in [0.1, 0.15) is 33.7 Å². The number of furan rings is 3. The van der Waals surface area contributed by atoms with Gasteiger partial charge in [-0.1, -0.05) is 140 Å². The highest BCUT2D eigenvalue weighted by Crippen LogP contribution is 2.48. The van der Waals surface area contributed by atoms with Crippen LogP contribution in [0.4, 0.5) is 0 Å². The molecule has 0 aliphatic rings. The molecule has 0 saturated carbocycles. The second-order valence-electron chi connectivity index (χ2n) is 14.3. The summed E-state index contributed by atoms with van der Waals surface area (Å²) < 4.78 is 19.9. The lowest BCUT2D eigenvalue weighted by molar-refractivity contribution is 0.634. The van der Waals surface area contributed by atoms with Crippen molar-refractivity contribution < 1.29 is 13.3 Å². The number of para-hydroxylation sites is 1. The number of benzene rings is 9. The summed E-state index contributed by atoms with van der Waals surface area (Å²) in [5.74, 6) is 0.859. The van der Waals surface area contributed by atoms with Crippen LogP contribution in [0.2, 0.25) is 0 Å². The average Bonchev–Trinajstić information content (AvgIpc) is 3.94. The van der Waals surface area contributed by atoms with Crippen molar-refractivity contribution in [3.63, 3.8) is 0 Å². The van der Waals surface area contributed by atoms with Gasteiger partial charge in [-0.15, -0.1) is 0 Å². The van der Waals surface area contributed by atoms with Crippen molar-refractivity contribution in [3.8, 4) is 44.7 Å². The van der Waals surface area contributed by atoms with Crippen molar-refractivity contribution in [2.45, 2.75) is 0 Å². The van der Waals surface area contributed by atoms with E-state index in [1.165, 1.54) is 32.7 Å². The van der Waals surface area contributed by atoms with Gasteiger partial charge in [0.15, 0.2) is 0 Å². The third-order valence-corrected chi connectivity index (χ3v) is 11.3. The first-order valence-corrected chi connectivity index (χ1v) is 18.7. The molecule has 0 atom stereocenters. The number of rotatable bonds is 4. The molecule has 0 fully saturated rings. The molecule has 0 bridgehead atoms. The van der Waals surface area contributed by atoms with Crippen LogP contribution in [0.25, 0.3) is 121 Å². The van der Waals surface area contributed by atoms with E-state index in [9.17, 15) is 0 Å². The predicted molar refractivity (Wildman–Crippen MR) is 228 cm³/mol. The zero-order valence-electron chi connectivity index (χ0n) is 29.5. The van der Waals surface area contributed by atoms with Crippen molar-refractivity contribution in [1.29, 1.82) is 0 Å². The molecule has 3 heterocycles. The Bertz CT molecular complexity index is 3420. The first kappa shape index (κ1) is 30.1. The lowest BCUT2D eigenvalue weighted by atomic mass is 9.85. The van der Waals surface area contributed by atoms with E-state index in [4.69, 9.17) is 13.3 Å². The smallest absolute Gasteiger partial charge is 0.147 e. The van der Waals surface area contributed by atoms with Gasteiger partial charge >= 0.3 is 0 Å². The van der Waals surface area contributed by atoms with E-state index in [0.29, 0.717) is 0 Å². The van der Waals surface area contributed by atoms with Crippen molar-refractivity contribution >= 4 is 76.4 Å². The minimum atomic E-state index is 0.804. The van der Waals surface area contributed by atoms with Crippen LogP contribution in [0, 0.1) is 0 Å². The first-order valence-electron chi connectivity index (χ1n) is 18.7. The van der Waals surface area contributed by atoms with Gasteiger partial charge in [0.05, 0.1) is 5.39 Å². The van der Waals surface area contributed by atoms with E-state index >= 15 is 0 Å². The number of hydrogen-bond donors (Lipinski definition) is 0. The summed E-state index contributed by atoms with van der Waals surface area (Å²) in [5, 5.41) is 10.1. The lowest BCUT2D eigenvalue weighted by Gasteiger charge is -2.17. The van der Waals surface area contributed by atoms with Crippen LogP contribution >= 0.6 is 0 Å². The summed E-state index contributed by atoms with van der Waals surface area (Å²) in [4.78, 5) is 0. The van der Waals surface area contributed by atoms with Crippen molar-refractivity contribution in [2.75, 3.05) is 0 Å². The van der Waals surface area contributed by atoms with Gasteiger partial charge in [-0.2, -0.15) is 0 Å². The molecule has 9 aromatic carbocycles. The predicted octanol–water partition coefficient (Wildman–Crippen LogP) is 15.2. The fourth-order valence-electron chi connectivity index (χ4n) is 8.89. The van der Waals surface area contributed by atoms with Gasteiger partial charge < -0.3 is 13.3 Å².